The highest BCUT2D eigenvalue weighted by Crippen LogP contribution is 2.20. The van der Waals surface area contributed by atoms with Gasteiger partial charge in [0.15, 0.2) is 0 Å². The van der Waals surface area contributed by atoms with Crippen LogP contribution < -0.4 is 5.32 Å². The van der Waals surface area contributed by atoms with E-state index in [1.807, 2.05) is 13.1 Å². The Bertz CT molecular complexity index is 488. The van der Waals surface area contributed by atoms with E-state index < -0.39 is 0 Å². The van der Waals surface area contributed by atoms with Crippen molar-refractivity contribution in [3.63, 3.8) is 0 Å². The molecule has 1 atom stereocenters. The van der Waals surface area contributed by atoms with Gasteiger partial charge in [0.05, 0.1) is 11.6 Å². The third-order valence-electron chi connectivity index (χ3n) is 2.90. The van der Waals surface area contributed by atoms with Crippen LogP contribution in [0.3, 0.4) is 0 Å². The number of rotatable bonds is 5. The van der Waals surface area contributed by atoms with Crippen molar-refractivity contribution in [1.82, 2.24) is 9.88 Å². The van der Waals surface area contributed by atoms with Gasteiger partial charge in [0.25, 0.3) is 0 Å². The van der Waals surface area contributed by atoms with Crippen LogP contribution in [-0.4, -0.2) is 22.3 Å². The molecule has 1 unspecified atom stereocenters. The van der Waals surface area contributed by atoms with Gasteiger partial charge in [0.2, 0.25) is 0 Å². The average molecular weight is 232 g/mol. The topological polar surface area (TPSA) is 37.2 Å². The third-order valence-corrected chi connectivity index (χ3v) is 2.90. The van der Waals surface area contributed by atoms with Crippen molar-refractivity contribution in [3.8, 4) is 0 Å². The number of aromatic nitrogens is 1. The van der Waals surface area contributed by atoms with Crippen LogP contribution in [0.2, 0.25) is 0 Å². The maximum Gasteiger partial charge on any atom is 0.0691 e. The Balaban J connectivity index is 2.40. The van der Waals surface area contributed by atoms with Crippen molar-refractivity contribution in [2.24, 2.45) is 0 Å². The fraction of sp³-hybridized carbons (Fsp3) is 0.429. The van der Waals surface area contributed by atoms with Gasteiger partial charge >= 0.3 is 0 Å². The average Bonchev–Trinajstić information content (AvgIpc) is 2.70. The van der Waals surface area contributed by atoms with Crippen molar-refractivity contribution in [3.05, 3.63) is 36.0 Å². The van der Waals surface area contributed by atoms with E-state index in [2.05, 4.69) is 41.1 Å². The van der Waals surface area contributed by atoms with E-state index in [0.717, 1.165) is 13.1 Å². The minimum absolute atomic E-state index is 0.321. The Morgan fingerprint density at radius 1 is 1.35 bits per heavy atom. The van der Waals surface area contributed by atoms with Gasteiger partial charge in [0, 0.05) is 19.3 Å². The van der Waals surface area contributed by atoms with Crippen LogP contribution in [0.5, 0.6) is 0 Å². The van der Waals surface area contributed by atoms with Gasteiger partial charge in [-0.3, -0.25) is 0 Å². The molecule has 2 rings (SSSR count). The van der Waals surface area contributed by atoms with Crippen LogP contribution in [0.25, 0.3) is 10.9 Å². The largest absolute Gasteiger partial charge is 0.392 e. The quantitative estimate of drug-likeness (QED) is 0.828. The first-order valence-corrected chi connectivity index (χ1v) is 6.18. The molecule has 0 aliphatic rings. The molecule has 17 heavy (non-hydrogen) atoms. The van der Waals surface area contributed by atoms with E-state index in [-0.39, 0.29) is 6.10 Å². The molecule has 2 aromatic rings. The molecule has 0 aliphatic heterocycles. The number of nitrogens with zero attached hydrogens (tertiary/aromatic N) is 1. The summed E-state index contributed by atoms with van der Waals surface area (Å²) < 4.78 is 2.13. The Hall–Kier alpha value is -1.32. The van der Waals surface area contributed by atoms with E-state index >= 15 is 0 Å². The Morgan fingerprint density at radius 3 is 2.88 bits per heavy atom. The van der Waals surface area contributed by atoms with Gasteiger partial charge in [-0.1, -0.05) is 25.1 Å². The number of aliphatic hydroxyl groups is 1. The highest BCUT2D eigenvalue weighted by atomic mass is 16.3. The second-order valence-electron chi connectivity index (χ2n) is 4.45. The smallest absolute Gasteiger partial charge is 0.0691 e. The maximum absolute atomic E-state index is 9.51. The summed E-state index contributed by atoms with van der Waals surface area (Å²) in [5, 5.41) is 14.1. The number of fused-ring (bicyclic) bond motifs is 1. The summed E-state index contributed by atoms with van der Waals surface area (Å²) in [5.74, 6) is 0. The van der Waals surface area contributed by atoms with Crippen molar-refractivity contribution in [1.29, 1.82) is 0 Å². The second kappa shape index (κ2) is 5.34. The number of benzene rings is 1. The zero-order chi connectivity index (χ0) is 12.3. The van der Waals surface area contributed by atoms with Gasteiger partial charge in [-0.15, -0.1) is 0 Å². The van der Waals surface area contributed by atoms with Crippen LogP contribution in [0.15, 0.2) is 30.5 Å². The van der Waals surface area contributed by atoms with Gasteiger partial charge in [0.1, 0.15) is 0 Å². The standard InChI is InChI=1S/C14H20N2O/c1-3-15-9-13-6-4-5-12-7-8-16(14(12)13)10-11(2)17/h4-8,11,15,17H,3,9-10H2,1-2H3. The van der Waals surface area contributed by atoms with E-state index in [9.17, 15) is 5.11 Å². The Morgan fingerprint density at radius 2 is 2.18 bits per heavy atom. The highest BCUT2D eigenvalue weighted by molar-refractivity contribution is 5.83. The predicted molar refractivity (Wildman–Crippen MR) is 71.0 cm³/mol. The lowest BCUT2D eigenvalue weighted by Gasteiger charge is -2.11. The fourth-order valence-corrected chi connectivity index (χ4v) is 2.18. The molecule has 0 saturated heterocycles. The summed E-state index contributed by atoms with van der Waals surface area (Å²) in [6.07, 6.45) is 1.73. The van der Waals surface area contributed by atoms with Gasteiger partial charge < -0.3 is 15.0 Å². The lowest BCUT2D eigenvalue weighted by atomic mass is 10.1. The molecule has 1 heterocycles. The molecule has 3 nitrogen and oxygen atoms in total. The zero-order valence-electron chi connectivity index (χ0n) is 10.5. The molecule has 0 amide bonds. The first-order chi connectivity index (χ1) is 8.22. The normalized spacial score (nSPS) is 13.1. The zero-order valence-corrected chi connectivity index (χ0v) is 10.5. The van der Waals surface area contributed by atoms with Crippen LogP contribution in [0, 0.1) is 0 Å². The molecule has 0 bridgehead atoms. The van der Waals surface area contributed by atoms with Gasteiger partial charge in [-0.2, -0.15) is 0 Å². The number of hydrogen-bond acceptors (Lipinski definition) is 2. The lowest BCUT2D eigenvalue weighted by Crippen LogP contribution is -2.15. The number of para-hydroxylation sites is 1. The van der Waals surface area contributed by atoms with E-state index in [0.29, 0.717) is 6.54 Å². The van der Waals surface area contributed by atoms with E-state index in [1.54, 1.807) is 0 Å². The molecule has 0 saturated carbocycles. The summed E-state index contributed by atoms with van der Waals surface area (Å²) in [7, 11) is 0. The fourth-order valence-electron chi connectivity index (χ4n) is 2.18. The first-order valence-electron chi connectivity index (χ1n) is 6.18. The summed E-state index contributed by atoms with van der Waals surface area (Å²) in [5.41, 5.74) is 2.52. The van der Waals surface area contributed by atoms with Crippen molar-refractivity contribution in [2.45, 2.75) is 33.0 Å². The predicted octanol–water partition coefficient (Wildman–Crippen LogP) is 2.13. The van der Waals surface area contributed by atoms with Crippen LogP contribution in [0.1, 0.15) is 19.4 Å². The molecule has 0 aliphatic carbocycles. The first kappa shape index (κ1) is 12.1. The third kappa shape index (κ3) is 2.68. The Labute approximate surface area is 102 Å². The molecule has 1 aromatic carbocycles. The van der Waals surface area contributed by atoms with Gasteiger partial charge in [-0.25, -0.2) is 0 Å². The highest BCUT2D eigenvalue weighted by Gasteiger charge is 2.07. The number of hydrogen-bond donors (Lipinski definition) is 2. The Kier molecular flexibility index (Phi) is 3.82. The van der Waals surface area contributed by atoms with Crippen molar-refractivity contribution in [2.75, 3.05) is 6.54 Å². The monoisotopic (exact) mass is 232 g/mol. The SMILES string of the molecule is CCNCc1cccc2ccn(CC(C)O)c12. The van der Waals surface area contributed by atoms with E-state index in [4.69, 9.17) is 0 Å². The lowest BCUT2D eigenvalue weighted by molar-refractivity contribution is 0.175. The molecule has 3 heteroatoms. The summed E-state index contributed by atoms with van der Waals surface area (Å²) in [6.45, 7) is 6.41. The molecule has 0 radical (unpaired) electrons. The van der Waals surface area contributed by atoms with Crippen LogP contribution >= 0.6 is 0 Å². The van der Waals surface area contributed by atoms with Crippen molar-refractivity contribution >= 4 is 10.9 Å². The van der Waals surface area contributed by atoms with Crippen LogP contribution in [0.4, 0.5) is 0 Å². The van der Waals surface area contributed by atoms with Crippen molar-refractivity contribution < 1.29 is 5.11 Å². The van der Waals surface area contributed by atoms with Gasteiger partial charge in [-0.05, 0) is 30.5 Å². The molecule has 92 valence electrons. The molecular weight excluding hydrogens is 212 g/mol. The minimum atomic E-state index is -0.321. The summed E-state index contributed by atoms with van der Waals surface area (Å²) in [6, 6.07) is 8.45. The maximum atomic E-state index is 9.51. The molecule has 0 spiro atoms. The minimum Gasteiger partial charge on any atom is -0.392 e. The van der Waals surface area contributed by atoms with Crippen LogP contribution in [-0.2, 0) is 13.1 Å². The molecular formula is C14H20N2O. The molecule has 0 fully saturated rings. The summed E-state index contributed by atoms with van der Waals surface area (Å²) in [4.78, 5) is 0. The second-order valence-corrected chi connectivity index (χ2v) is 4.45. The van der Waals surface area contributed by atoms with E-state index in [1.165, 1.54) is 16.5 Å². The summed E-state index contributed by atoms with van der Waals surface area (Å²) >= 11 is 0. The molecule has 2 N–H and O–H groups in total. The molecule has 1 aromatic heterocycles. The number of nitrogens with one attached hydrogen (secondary N) is 1. The number of aliphatic hydroxyl groups excluding tert-OH is 1.